The molecule has 0 spiro atoms. The van der Waals surface area contributed by atoms with E-state index in [0.717, 1.165) is 31.0 Å². The van der Waals surface area contributed by atoms with Gasteiger partial charge < -0.3 is 11.5 Å². The fraction of sp³-hybridized carbons (Fsp3) is 0.533. The molecule has 0 aliphatic heterocycles. The minimum atomic E-state index is -0.127. The van der Waals surface area contributed by atoms with Gasteiger partial charge in [0, 0.05) is 17.3 Å². The predicted octanol–water partition coefficient (Wildman–Crippen LogP) is 4.49. The van der Waals surface area contributed by atoms with Crippen LogP contribution in [0.3, 0.4) is 0 Å². The van der Waals surface area contributed by atoms with Crippen LogP contribution in [-0.2, 0) is 17.2 Å². The van der Waals surface area contributed by atoms with Gasteiger partial charge in [0.15, 0.2) is 16.0 Å². The lowest BCUT2D eigenvalue weighted by atomic mass is 10.4. The highest BCUT2D eigenvalue weighted by molar-refractivity contribution is 7.13. The summed E-state index contributed by atoms with van der Waals surface area (Å²) in [6.07, 6.45) is 0. The Morgan fingerprint density at radius 1 is 1.00 bits per heavy atom. The molecule has 2 aromatic heterocycles. The summed E-state index contributed by atoms with van der Waals surface area (Å²) in [4.78, 5) is 20.3. The second-order valence-electron chi connectivity index (χ2n) is 4.76. The maximum atomic E-state index is 9.92. The van der Waals surface area contributed by atoms with E-state index in [1.807, 2.05) is 10.8 Å². The average Bonchev–Trinajstić information content (AvgIpc) is 3.27. The lowest BCUT2D eigenvalue weighted by molar-refractivity contribution is -0.114. The fourth-order valence-electron chi connectivity index (χ4n) is 1.49. The summed E-state index contributed by atoms with van der Waals surface area (Å²) in [7, 11) is 0. The van der Waals surface area contributed by atoms with Crippen LogP contribution in [0.4, 0.5) is 10.3 Å². The number of halogens is 4. The lowest BCUT2D eigenvalue weighted by Crippen LogP contribution is -2.22. The first-order valence-corrected chi connectivity index (χ1v) is 11.1. The Balaban J connectivity index is 0. The number of nitrogens with zero attached hydrogens (tertiary/aromatic N) is 3. The van der Waals surface area contributed by atoms with Crippen molar-refractivity contribution >= 4 is 85.9 Å². The van der Waals surface area contributed by atoms with Gasteiger partial charge in [-0.15, -0.1) is 69.9 Å². The van der Waals surface area contributed by atoms with Crippen LogP contribution in [0.2, 0.25) is 0 Å². The van der Waals surface area contributed by atoms with Gasteiger partial charge in [0.1, 0.15) is 0 Å². The Morgan fingerprint density at radius 3 is 1.67 bits per heavy atom. The van der Waals surface area contributed by atoms with E-state index in [1.54, 1.807) is 0 Å². The van der Waals surface area contributed by atoms with Gasteiger partial charge in [-0.3, -0.25) is 9.69 Å². The molecule has 2 aromatic rings. The SMILES string of the molecule is CCN(CC)Cc1csc(N)n1.Cl.Nc1nc(CCl)cs1.O=C(CCl)CCl. The normalized spacial score (nSPS) is 9.56. The number of carbonyl (C=O) groups is 1. The first kappa shape index (κ1) is 28.9. The Morgan fingerprint density at radius 2 is 1.44 bits per heavy atom. The molecule has 12 heteroatoms. The van der Waals surface area contributed by atoms with Gasteiger partial charge in [-0.2, -0.15) is 0 Å². The van der Waals surface area contributed by atoms with E-state index in [4.69, 9.17) is 46.3 Å². The number of carbonyl (C=O) groups excluding carboxylic acids is 1. The number of thiazole rings is 2. The summed E-state index contributed by atoms with van der Waals surface area (Å²) in [5.74, 6) is 0.388. The predicted molar refractivity (Wildman–Crippen MR) is 123 cm³/mol. The van der Waals surface area contributed by atoms with Crippen molar-refractivity contribution in [3.63, 3.8) is 0 Å². The van der Waals surface area contributed by atoms with E-state index in [1.165, 1.54) is 22.7 Å². The molecule has 0 aliphatic rings. The number of hydrogen-bond donors (Lipinski definition) is 2. The number of anilines is 2. The molecule has 0 fully saturated rings. The van der Waals surface area contributed by atoms with Crippen LogP contribution < -0.4 is 11.5 Å². The molecule has 0 amide bonds. The molecule has 4 N–H and O–H groups in total. The van der Waals surface area contributed by atoms with Crippen LogP contribution in [0, 0.1) is 0 Å². The van der Waals surface area contributed by atoms with E-state index < -0.39 is 0 Å². The molecule has 0 bridgehead atoms. The highest BCUT2D eigenvalue weighted by Gasteiger charge is 2.03. The third-order valence-electron chi connectivity index (χ3n) is 2.85. The third kappa shape index (κ3) is 14.3. The molecule has 2 rings (SSSR count). The number of aromatic nitrogens is 2. The maximum Gasteiger partial charge on any atom is 0.180 e. The number of alkyl halides is 3. The number of Topliss-reactive ketones (excluding diaryl/α,β-unsaturated/α-hetero) is 1. The van der Waals surface area contributed by atoms with Crippen molar-refractivity contribution in [2.75, 3.05) is 36.3 Å². The van der Waals surface area contributed by atoms with Crippen molar-refractivity contribution < 1.29 is 4.79 Å². The molecule has 0 aliphatic carbocycles. The van der Waals surface area contributed by atoms with Gasteiger partial charge in [-0.1, -0.05) is 13.8 Å². The monoisotopic (exact) mass is 495 g/mol. The molecule has 0 aromatic carbocycles. The zero-order valence-corrected chi connectivity index (χ0v) is 19.9. The number of rotatable bonds is 7. The third-order valence-corrected chi connectivity index (χ3v) is 5.17. The Kier molecular flexibility index (Phi) is 18.9. The van der Waals surface area contributed by atoms with Crippen LogP contribution in [0.5, 0.6) is 0 Å². The minimum absolute atomic E-state index is 0. The van der Waals surface area contributed by atoms with Gasteiger partial charge in [0.2, 0.25) is 0 Å². The van der Waals surface area contributed by atoms with Crippen molar-refractivity contribution in [1.29, 1.82) is 0 Å². The quantitative estimate of drug-likeness (QED) is 0.548. The van der Waals surface area contributed by atoms with Crippen molar-refractivity contribution in [3.05, 3.63) is 22.1 Å². The van der Waals surface area contributed by atoms with Crippen molar-refractivity contribution in [1.82, 2.24) is 14.9 Å². The maximum absolute atomic E-state index is 9.92. The highest BCUT2D eigenvalue weighted by atomic mass is 35.5. The Labute approximate surface area is 189 Å². The first-order chi connectivity index (χ1) is 12.4. The van der Waals surface area contributed by atoms with Crippen LogP contribution in [0.15, 0.2) is 10.8 Å². The van der Waals surface area contributed by atoms with E-state index in [0.29, 0.717) is 16.1 Å². The Bertz CT molecular complexity index is 617. The van der Waals surface area contributed by atoms with E-state index in [2.05, 4.69) is 28.7 Å². The average molecular weight is 497 g/mol. The molecule has 6 nitrogen and oxygen atoms in total. The fourth-order valence-corrected chi connectivity index (χ4v) is 3.12. The van der Waals surface area contributed by atoms with Crippen LogP contribution in [0.25, 0.3) is 0 Å². The zero-order valence-electron chi connectivity index (χ0n) is 15.2. The summed E-state index contributed by atoms with van der Waals surface area (Å²) < 4.78 is 0. The molecule has 27 heavy (non-hydrogen) atoms. The Hall–Kier alpha value is -0.350. The minimum Gasteiger partial charge on any atom is -0.375 e. The second-order valence-corrected chi connectivity index (χ2v) is 7.34. The van der Waals surface area contributed by atoms with Crippen molar-refractivity contribution in [2.24, 2.45) is 0 Å². The summed E-state index contributed by atoms with van der Waals surface area (Å²) in [6, 6.07) is 0. The number of hydrogen-bond acceptors (Lipinski definition) is 8. The molecule has 0 saturated heterocycles. The number of nitrogen functional groups attached to an aromatic ring is 2. The smallest absolute Gasteiger partial charge is 0.180 e. The summed E-state index contributed by atoms with van der Waals surface area (Å²) in [5, 5.41) is 5.12. The summed E-state index contributed by atoms with van der Waals surface area (Å²) >= 11 is 18.4. The highest BCUT2D eigenvalue weighted by Crippen LogP contribution is 2.13. The molecule has 156 valence electrons. The van der Waals surface area contributed by atoms with Crippen molar-refractivity contribution in [3.8, 4) is 0 Å². The summed E-state index contributed by atoms with van der Waals surface area (Å²) in [5.41, 5.74) is 12.8. The van der Waals surface area contributed by atoms with Gasteiger partial charge in [-0.05, 0) is 13.1 Å². The van der Waals surface area contributed by atoms with Crippen LogP contribution in [-0.4, -0.2) is 45.5 Å². The standard InChI is InChI=1S/C8H15N3S.C4H5ClN2S.C3H4Cl2O.ClH/c1-3-11(4-2)5-7-6-12-8(9)10-7;5-1-3-2-8-4(6)7-3;4-1-3(6)2-5;/h6H,3-5H2,1-2H3,(H2,9,10);2H,1H2,(H2,6,7);1-2H2;1H. The van der Waals surface area contributed by atoms with Gasteiger partial charge in [0.25, 0.3) is 0 Å². The van der Waals surface area contributed by atoms with E-state index in [9.17, 15) is 4.79 Å². The second kappa shape index (κ2) is 17.7. The molecule has 0 atom stereocenters. The summed E-state index contributed by atoms with van der Waals surface area (Å²) in [6.45, 7) is 7.35. The van der Waals surface area contributed by atoms with Gasteiger partial charge in [-0.25, -0.2) is 9.97 Å². The topological polar surface area (TPSA) is 98.1 Å². The van der Waals surface area contributed by atoms with Gasteiger partial charge >= 0.3 is 0 Å². The lowest BCUT2D eigenvalue weighted by Gasteiger charge is -2.15. The van der Waals surface area contributed by atoms with Crippen molar-refractivity contribution in [2.45, 2.75) is 26.3 Å². The van der Waals surface area contributed by atoms with E-state index in [-0.39, 0.29) is 30.0 Å². The molecule has 2 heterocycles. The first-order valence-electron chi connectivity index (χ1n) is 7.71. The number of ketones is 1. The zero-order chi connectivity index (χ0) is 19.9. The number of nitrogens with two attached hydrogens (primary N) is 2. The molecular weight excluding hydrogens is 472 g/mol. The van der Waals surface area contributed by atoms with E-state index >= 15 is 0 Å². The van der Waals surface area contributed by atoms with Gasteiger partial charge in [0.05, 0.1) is 29.0 Å². The van der Waals surface area contributed by atoms with Crippen LogP contribution in [0.1, 0.15) is 25.2 Å². The molecular formula is C15H25Cl4N5OS2. The largest absolute Gasteiger partial charge is 0.375 e. The van der Waals surface area contributed by atoms with Crippen LogP contribution >= 0.6 is 69.9 Å². The molecule has 0 radical (unpaired) electrons. The molecule has 0 unspecified atom stereocenters. The molecule has 0 saturated carbocycles.